The highest BCUT2D eigenvalue weighted by atomic mass is 19.4. The highest BCUT2D eigenvalue weighted by Gasteiger charge is 2.51. The maximum Gasteiger partial charge on any atom is 0.427 e. The molecule has 0 aromatic heterocycles. The Balaban J connectivity index is 2.26. The van der Waals surface area contributed by atoms with Crippen LogP contribution in [0.3, 0.4) is 0 Å². The van der Waals surface area contributed by atoms with E-state index in [1.54, 1.807) is 6.92 Å². The van der Waals surface area contributed by atoms with Gasteiger partial charge in [-0.2, -0.15) is 13.2 Å². The Morgan fingerprint density at radius 2 is 1.88 bits per heavy atom. The number of rotatable bonds is 2. The van der Waals surface area contributed by atoms with E-state index >= 15 is 0 Å². The molecule has 2 heterocycles. The van der Waals surface area contributed by atoms with Crippen LogP contribution in [0.5, 0.6) is 0 Å². The molecule has 10 heteroatoms. The molecular formula is C22H34F3N3O4. The van der Waals surface area contributed by atoms with Crippen LogP contribution >= 0.6 is 0 Å². The Bertz CT molecular complexity index is 724. The molecule has 0 bridgehead atoms. The standard InChI is InChI=1S/C22H34F3N3O4/c1-14-9-6-5-7-11-26-18(29)16-10-8-12-28(16)19(30)17(15(2)13-14)27-20(31)32-21(3,4)22(23,24)25/h5,7,14-17H,6,8-13H2,1-4H3,(H,26,29)(H,27,31)/b7-5-/t14-,15-,16+,17?/m1/s1. The van der Waals surface area contributed by atoms with E-state index < -0.39 is 35.9 Å². The highest BCUT2D eigenvalue weighted by molar-refractivity contribution is 5.92. The van der Waals surface area contributed by atoms with Crippen LogP contribution in [-0.2, 0) is 14.3 Å². The second-order valence-corrected chi connectivity index (χ2v) is 9.32. The summed E-state index contributed by atoms with van der Waals surface area (Å²) in [6.07, 6.45) is 1.16. The van der Waals surface area contributed by atoms with Crippen molar-refractivity contribution in [3.63, 3.8) is 0 Å². The number of carbonyl (C=O) groups excluding carboxylic acids is 3. The van der Waals surface area contributed by atoms with Gasteiger partial charge in [0.15, 0.2) is 0 Å². The number of allylic oxidation sites excluding steroid dienone is 1. The first-order valence-electron chi connectivity index (χ1n) is 11.1. The van der Waals surface area contributed by atoms with Crippen LogP contribution < -0.4 is 10.6 Å². The number of alkyl carbamates (subject to hydrolysis) is 1. The second kappa shape index (κ2) is 10.6. The molecule has 2 rings (SSSR count). The Morgan fingerprint density at radius 1 is 1.19 bits per heavy atom. The molecule has 7 nitrogen and oxygen atoms in total. The number of alkyl halides is 3. The fourth-order valence-corrected chi connectivity index (χ4v) is 4.12. The van der Waals surface area contributed by atoms with E-state index in [2.05, 4.69) is 15.4 Å². The molecular weight excluding hydrogens is 427 g/mol. The van der Waals surface area contributed by atoms with Gasteiger partial charge in [-0.15, -0.1) is 0 Å². The number of hydrogen-bond donors (Lipinski definition) is 2. The Hall–Kier alpha value is -2.26. The Kier molecular flexibility index (Phi) is 8.59. The van der Waals surface area contributed by atoms with Crippen molar-refractivity contribution < 1.29 is 32.3 Å². The number of halogens is 3. The average molecular weight is 462 g/mol. The number of ether oxygens (including phenoxy) is 1. The summed E-state index contributed by atoms with van der Waals surface area (Å²) in [6.45, 7) is 6.02. The summed E-state index contributed by atoms with van der Waals surface area (Å²) >= 11 is 0. The zero-order chi connectivity index (χ0) is 24.1. The summed E-state index contributed by atoms with van der Waals surface area (Å²) in [5, 5.41) is 5.17. The molecule has 0 saturated carbocycles. The van der Waals surface area contributed by atoms with Crippen molar-refractivity contribution >= 4 is 17.9 Å². The predicted octanol–water partition coefficient (Wildman–Crippen LogP) is 3.54. The lowest BCUT2D eigenvalue weighted by atomic mass is 9.88. The first-order valence-corrected chi connectivity index (χ1v) is 11.1. The molecule has 1 saturated heterocycles. The third kappa shape index (κ3) is 6.62. The fourth-order valence-electron chi connectivity index (χ4n) is 4.12. The van der Waals surface area contributed by atoms with Crippen LogP contribution in [0, 0.1) is 11.8 Å². The molecule has 0 aromatic rings. The van der Waals surface area contributed by atoms with Crippen molar-refractivity contribution in [2.45, 2.75) is 83.7 Å². The smallest absolute Gasteiger partial charge is 0.427 e. The number of fused-ring (bicyclic) bond motifs is 1. The molecule has 0 spiro atoms. The van der Waals surface area contributed by atoms with E-state index in [1.165, 1.54) is 4.90 Å². The number of nitrogens with one attached hydrogen (secondary N) is 2. The molecule has 32 heavy (non-hydrogen) atoms. The van der Waals surface area contributed by atoms with Gasteiger partial charge in [0.2, 0.25) is 17.4 Å². The molecule has 0 aliphatic carbocycles. The first kappa shape index (κ1) is 26.0. The molecule has 0 radical (unpaired) electrons. The van der Waals surface area contributed by atoms with Gasteiger partial charge in [-0.1, -0.05) is 26.0 Å². The summed E-state index contributed by atoms with van der Waals surface area (Å²) < 4.78 is 44.1. The van der Waals surface area contributed by atoms with Gasteiger partial charge in [0.05, 0.1) is 0 Å². The minimum atomic E-state index is -4.76. The summed E-state index contributed by atoms with van der Waals surface area (Å²) in [4.78, 5) is 39.8. The van der Waals surface area contributed by atoms with Gasteiger partial charge in [0, 0.05) is 13.1 Å². The van der Waals surface area contributed by atoms with Gasteiger partial charge in [0.1, 0.15) is 12.1 Å². The number of hydrogen-bond acceptors (Lipinski definition) is 4. The van der Waals surface area contributed by atoms with Crippen LogP contribution in [-0.4, -0.2) is 59.8 Å². The predicted molar refractivity (Wildman–Crippen MR) is 113 cm³/mol. The van der Waals surface area contributed by atoms with E-state index in [9.17, 15) is 27.6 Å². The van der Waals surface area contributed by atoms with Crippen LogP contribution in [0.25, 0.3) is 0 Å². The minimum Gasteiger partial charge on any atom is -0.434 e. The Labute approximate surface area is 187 Å². The third-order valence-electron chi connectivity index (χ3n) is 6.14. The van der Waals surface area contributed by atoms with E-state index in [0.29, 0.717) is 32.4 Å². The van der Waals surface area contributed by atoms with Gasteiger partial charge in [-0.05, 0) is 57.8 Å². The first-order chi connectivity index (χ1) is 14.8. The molecule has 2 aliphatic rings. The lowest BCUT2D eigenvalue weighted by molar-refractivity contribution is -0.244. The van der Waals surface area contributed by atoms with Crippen molar-refractivity contribution in [3.05, 3.63) is 12.2 Å². The number of nitrogens with zero attached hydrogens (tertiary/aromatic N) is 1. The molecule has 2 N–H and O–H groups in total. The summed E-state index contributed by atoms with van der Waals surface area (Å²) in [5.41, 5.74) is -2.71. The van der Waals surface area contributed by atoms with Gasteiger partial charge < -0.3 is 20.3 Å². The summed E-state index contributed by atoms with van der Waals surface area (Å²) in [6, 6.07) is -1.77. The summed E-state index contributed by atoms with van der Waals surface area (Å²) in [5.74, 6) is -0.897. The van der Waals surface area contributed by atoms with Crippen molar-refractivity contribution in [2.24, 2.45) is 11.8 Å². The van der Waals surface area contributed by atoms with E-state index in [0.717, 1.165) is 26.7 Å². The largest absolute Gasteiger partial charge is 0.434 e. The van der Waals surface area contributed by atoms with Crippen LogP contribution in [0.2, 0.25) is 0 Å². The third-order valence-corrected chi connectivity index (χ3v) is 6.14. The van der Waals surface area contributed by atoms with Crippen LogP contribution in [0.15, 0.2) is 12.2 Å². The van der Waals surface area contributed by atoms with E-state index in [-0.39, 0.29) is 17.7 Å². The fraction of sp³-hybridized carbons (Fsp3) is 0.773. The van der Waals surface area contributed by atoms with Gasteiger partial charge >= 0.3 is 12.3 Å². The molecule has 2 aliphatic heterocycles. The number of carbonyl (C=O) groups is 3. The molecule has 1 fully saturated rings. The van der Waals surface area contributed by atoms with Crippen molar-refractivity contribution in [1.29, 1.82) is 0 Å². The molecule has 4 atom stereocenters. The molecule has 3 amide bonds. The SMILES string of the molecule is C[C@@H]1CC/C=C\CNC(=O)[C@@H]2CCCN2C(=O)C(NC(=O)OC(C)(C)C(F)(F)F)[C@H](C)C1. The molecule has 182 valence electrons. The van der Waals surface area contributed by atoms with Gasteiger partial charge in [0.25, 0.3) is 0 Å². The van der Waals surface area contributed by atoms with Crippen LogP contribution in [0.4, 0.5) is 18.0 Å². The lowest BCUT2D eigenvalue weighted by Crippen LogP contribution is -2.57. The van der Waals surface area contributed by atoms with E-state index in [4.69, 9.17) is 0 Å². The molecule has 0 aromatic carbocycles. The zero-order valence-electron chi connectivity index (χ0n) is 19.1. The summed E-state index contributed by atoms with van der Waals surface area (Å²) in [7, 11) is 0. The minimum absolute atomic E-state index is 0.223. The van der Waals surface area contributed by atoms with Gasteiger partial charge in [-0.25, -0.2) is 4.79 Å². The van der Waals surface area contributed by atoms with E-state index in [1.807, 2.05) is 19.1 Å². The average Bonchev–Trinajstić information content (AvgIpc) is 3.16. The molecule has 1 unspecified atom stereocenters. The highest BCUT2D eigenvalue weighted by Crippen LogP contribution is 2.33. The maximum absolute atomic E-state index is 13.4. The maximum atomic E-state index is 13.4. The van der Waals surface area contributed by atoms with Crippen molar-refractivity contribution in [2.75, 3.05) is 13.1 Å². The van der Waals surface area contributed by atoms with Crippen molar-refractivity contribution in [1.82, 2.24) is 15.5 Å². The monoisotopic (exact) mass is 461 g/mol. The van der Waals surface area contributed by atoms with Gasteiger partial charge in [-0.3, -0.25) is 9.59 Å². The zero-order valence-corrected chi connectivity index (χ0v) is 19.1. The Morgan fingerprint density at radius 3 is 2.53 bits per heavy atom. The van der Waals surface area contributed by atoms with Crippen molar-refractivity contribution in [3.8, 4) is 0 Å². The normalized spacial score (nSPS) is 29.5. The quantitative estimate of drug-likeness (QED) is 0.616. The topological polar surface area (TPSA) is 87.7 Å². The van der Waals surface area contributed by atoms with Crippen LogP contribution in [0.1, 0.15) is 59.8 Å². The lowest BCUT2D eigenvalue weighted by Gasteiger charge is -2.34. The second-order valence-electron chi connectivity index (χ2n) is 9.32. The number of amides is 3.